The van der Waals surface area contributed by atoms with E-state index in [2.05, 4.69) is 16.4 Å². The van der Waals surface area contributed by atoms with Crippen LogP contribution in [-0.2, 0) is 6.42 Å². The lowest BCUT2D eigenvalue weighted by Gasteiger charge is -2.06. The van der Waals surface area contributed by atoms with Crippen molar-refractivity contribution < 1.29 is 14.1 Å². The minimum absolute atomic E-state index is 0.146. The molecule has 4 rings (SSSR count). The zero-order valence-electron chi connectivity index (χ0n) is 16.4. The highest BCUT2D eigenvalue weighted by Gasteiger charge is 2.16. The molecular weight excluding hydrogens is 386 g/mol. The summed E-state index contributed by atoms with van der Waals surface area (Å²) in [6.07, 6.45) is 0.589. The number of hydrogen-bond donors (Lipinski definition) is 2. The van der Waals surface area contributed by atoms with Crippen molar-refractivity contribution in [3.05, 3.63) is 85.4 Å². The van der Waals surface area contributed by atoms with Gasteiger partial charge in [-0.05, 0) is 50.1 Å². The van der Waals surface area contributed by atoms with E-state index in [1.165, 1.54) is 24.3 Å². The normalized spacial score (nSPS) is 11.1. The third-order valence-electron chi connectivity index (χ3n) is 5.11. The van der Waals surface area contributed by atoms with Gasteiger partial charge in [-0.3, -0.25) is 14.9 Å². The Morgan fingerprint density at radius 1 is 1.17 bits per heavy atom. The number of carbonyl (C=O) groups excluding carboxylic acids is 1. The predicted molar refractivity (Wildman–Crippen MR) is 113 cm³/mol. The molecule has 2 N–H and O–H groups in total. The Morgan fingerprint density at radius 2 is 1.97 bits per heavy atom. The van der Waals surface area contributed by atoms with Gasteiger partial charge in [-0.25, -0.2) is 4.79 Å². The van der Waals surface area contributed by atoms with Crippen molar-refractivity contribution in [2.75, 3.05) is 6.54 Å². The molecule has 0 bridgehead atoms. The summed E-state index contributed by atoms with van der Waals surface area (Å²) in [6, 6.07) is 11.3. The molecule has 2 aromatic heterocycles. The second kappa shape index (κ2) is 7.47. The van der Waals surface area contributed by atoms with Crippen LogP contribution in [0.1, 0.15) is 27.2 Å². The van der Waals surface area contributed by atoms with Gasteiger partial charge < -0.3 is 14.7 Å². The summed E-state index contributed by atoms with van der Waals surface area (Å²) in [4.78, 5) is 38.5. The largest absolute Gasteiger partial charge is 0.422 e. The van der Waals surface area contributed by atoms with Crippen molar-refractivity contribution in [1.29, 1.82) is 0 Å². The molecule has 0 saturated heterocycles. The number of aromatic amines is 1. The van der Waals surface area contributed by atoms with E-state index in [-0.39, 0.29) is 16.8 Å². The smallest absolute Gasteiger partial charge is 0.349 e. The Balaban J connectivity index is 1.54. The summed E-state index contributed by atoms with van der Waals surface area (Å²) in [5.41, 5.74) is 3.39. The van der Waals surface area contributed by atoms with Gasteiger partial charge >= 0.3 is 5.63 Å². The number of nitro groups is 1. The van der Waals surface area contributed by atoms with Crippen LogP contribution in [0.2, 0.25) is 0 Å². The molecule has 2 aromatic carbocycles. The van der Waals surface area contributed by atoms with E-state index in [1.807, 2.05) is 26.0 Å². The molecule has 0 atom stereocenters. The van der Waals surface area contributed by atoms with E-state index in [0.29, 0.717) is 18.4 Å². The number of nitrogens with one attached hydrogen (secondary N) is 2. The van der Waals surface area contributed by atoms with Crippen molar-refractivity contribution in [3.63, 3.8) is 0 Å². The molecule has 0 unspecified atom stereocenters. The number of amides is 1. The van der Waals surface area contributed by atoms with E-state index < -0.39 is 16.5 Å². The van der Waals surface area contributed by atoms with Crippen molar-refractivity contribution in [2.45, 2.75) is 20.3 Å². The summed E-state index contributed by atoms with van der Waals surface area (Å²) < 4.78 is 5.15. The molecule has 0 saturated carbocycles. The summed E-state index contributed by atoms with van der Waals surface area (Å²) in [7, 11) is 0. The maximum absolute atomic E-state index is 12.5. The number of aromatic nitrogens is 1. The Hall–Kier alpha value is -3.94. The monoisotopic (exact) mass is 405 g/mol. The first-order chi connectivity index (χ1) is 14.3. The lowest BCUT2D eigenvalue weighted by Crippen LogP contribution is -2.30. The van der Waals surface area contributed by atoms with Gasteiger partial charge in [0.2, 0.25) is 0 Å². The molecule has 0 aliphatic rings. The van der Waals surface area contributed by atoms with Gasteiger partial charge in [-0.15, -0.1) is 0 Å². The van der Waals surface area contributed by atoms with E-state index >= 15 is 0 Å². The van der Waals surface area contributed by atoms with Crippen LogP contribution in [0.3, 0.4) is 0 Å². The average molecular weight is 405 g/mol. The molecule has 4 aromatic rings. The number of hydrogen-bond acceptors (Lipinski definition) is 5. The molecule has 2 heterocycles. The number of fused-ring (bicyclic) bond motifs is 2. The molecule has 1 amide bonds. The Labute approximate surface area is 170 Å². The van der Waals surface area contributed by atoms with Crippen molar-refractivity contribution in [1.82, 2.24) is 10.3 Å². The van der Waals surface area contributed by atoms with Gasteiger partial charge in [0.1, 0.15) is 11.1 Å². The lowest BCUT2D eigenvalue weighted by atomic mass is 10.1. The van der Waals surface area contributed by atoms with Crippen LogP contribution >= 0.6 is 0 Å². The van der Waals surface area contributed by atoms with Crippen LogP contribution in [0.15, 0.2) is 51.7 Å². The Morgan fingerprint density at radius 3 is 2.73 bits per heavy atom. The van der Waals surface area contributed by atoms with Gasteiger partial charge in [0.15, 0.2) is 0 Å². The van der Waals surface area contributed by atoms with Crippen LogP contribution < -0.4 is 10.9 Å². The molecule has 8 nitrogen and oxygen atoms in total. The second-order valence-electron chi connectivity index (χ2n) is 7.21. The van der Waals surface area contributed by atoms with E-state index in [0.717, 1.165) is 27.7 Å². The highest BCUT2D eigenvalue weighted by molar-refractivity contribution is 5.97. The van der Waals surface area contributed by atoms with Crippen molar-refractivity contribution >= 4 is 33.5 Å². The topological polar surface area (TPSA) is 118 Å². The van der Waals surface area contributed by atoms with Gasteiger partial charge in [-0.1, -0.05) is 11.6 Å². The summed E-state index contributed by atoms with van der Waals surface area (Å²) in [5.74, 6) is -0.578. The average Bonchev–Trinajstić information content (AvgIpc) is 3.01. The first-order valence-corrected chi connectivity index (χ1v) is 9.42. The van der Waals surface area contributed by atoms with E-state index in [9.17, 15) is 19.7 Å². The molecule has 30 heavy (non-hydrogen) atoms. The second-order valence-corrected chi connectivity index (χ2v) is 7.21. The first kappa shape index (κ1) is 19.4. The van der Waals surface area contributed by atoms with Crippen LogP contribution in [0, 0.1) is 24.0 Å². The molecule has 8 heteroatoms. The Kier molecular flexibility index (Phi) is 4.83. The third kappa shape index (κ3) is 3.55. The number of nitro benzene ring substituents is 1. The first-order valence-electron chi connectivity index (χ1n) is 9.42. The van der Waals surface area contributed by atoms with Crippen molar-refractivity contribution in [2.24, 2.45) is 0 Å². The van der Waals surface area contributed by atoms with Crippen LogP contribution in [0.5, 0.6) is 0 Å². The van der Waals surface area contributed by atoms with E-state index in [1.54, 1.807) is 0 Å². The molecule has 152 valence electrons. The Bertz CT molecular complexity index is 1370. The number of rotatable bonds is 5. The van der Waals surface area contributed by atoms with Gasteiger partial charge in [-0.2, -0.15) is 0 Å². The number of H-pyrrole nitrogens is 1. The fourth-order valence-electron chi connectivity index (χ4n) is 3.60. The van der Waals surface area contributed by atoms with Crippen LogP contribution in [-0.4, -0.2) is 22.4 Å². The van der Waals surface area contributed by atoms with Crippen LogP contribution in [0.25, 0.3) is 21.9 Å². The standard InChI is InChI=1S/C22H19N3O5/c1-12-3-5-19-17(9-12)16(13(2)24-19)7-8-23-21(26)18-11-14-10-15(25(28)29)4-6-20(14)30-22(18)27/h3-6,9-11,24H,7-8H2,1-2H3,(H,23,26). The quantitative estimate of drug-likeness (QED) is 0.298. The maximum Gasteiger partial charge on any atom is 0.349 e. The molecule has 0 spiro atoms. The fraction of sp³-hybridized carbons (Fsp3) is 0.182. The minimum Gasteiger partial charge on any atom is -0.422 e. The lowest BCUT2D eigenvalue weighted by molar-refractivity contribution is -0.384. The van der Waals surface area contributed by atoms with Crippen molar-refractivity contribution in [3.8, 4) is 0 Å². The highest BCUT2D eigenvalue weighted by atomic mass is 16.6. The molecule has 0 aliphatic heterocycles. The SMILES string of the molecule is Cc1ccc2[nH]c(C)c(CCNC(=O)c3cc4cc([N+](=O)[O-])ccc4oc3=O)c2c1. The minimum atomic E-state index is -0.784. The number of carbonyl (C=O) groups is 1. The fourth-order valence-corrected chi connectivity index (χ4v) is 3.60. The van der Waals surface area contributed by atoms with Gasteiger partial charge in [0.05, 0.1) is 4.92 Å². The summed E-state index contributed by atoms with van der Waals surface area (Å²) >= 11 is 0. The molecular formula is C22H19N3O5. The molecule has 0 radical (unpaired) electrons. The number of non-ortho nitro benzene ring substituents is 1. The predicted octanol–water partition coefficient (Wildman–Crippen LogP) is 3.77. The number of nitrogens with zero attached hydrogens (tertiary/aromatic N) is 1. The third-order valence-corrected chi connectivity index (χ3v) is 5.11. The summed E-state index contributed by atoms with van der Waals surface area (Å²) in [6.45, 7) is 4.33. The van der Waals surface area contributed by atoms with Gasteiger partial charge in [0.25, 0.3) is 11.6 Å². The molecule has 0 fully saturated rings. The van der Waals surface area contributed by atoms with Crippen LogP contribution in [0.4, 0.5) is 5.69 Å². The number of benzene rings is 2. The maximum atomic E-state index is 12.5. The number of aryl methyl sites for hydroxylation is 2. The van der Waals surface area contributed by atoms with E-state index in [4.69, 9.17) is 4.42 Å². The zero-order chi connectivity index (χ0) is 21.4. The summed E-state index contributed by atoms with van der Waals surface area (Å²) in [5, 5.41) is 15.1. The highest BCUT2D eigenvalue weighted by Crippen LogP contribution is 2.24. The molecule has 0 aliphatic carbocycles. The van der Waals surface area contributed by atoms with Gasteiger partial charge in [0, 0.05) is 40.7 Å². The zero-order valence-corrected chi connectivity index (χ0v) is 16.4.